The zero-order valence-electron chi connectivity index (χ0n) is 33.8. The fraction of sp³-hybridized carbons (Fsp3) is 0.0244. The molecule has 0 amide bonds. The summed E-state index contributed by atoms with van der Waals surface area (Å²) in [6, 6.07) is 14.1. The van der Waals surface area contributed by atoms with Gasteiger partial charge in [-0.15, -0.1) is 4.98 Å². The number of carboxylic acid groups (broad SMARTS) is 2. The number of hydrogen-bond donors (Lipinski definition) is 8. The van der Waals surface area contributed by atoms with Gasteiger partial charge in [0.05, 0.1) is 49.7 Å². The van der Waals surface area contributed by atoms with Crippen LogP contribution in [0.15, 0.2) is 110 Å². The van der Waals surface area contributed by atoms with Crippen LogP contribution in [0.5, 0.6) is 17.8 Å². The average Bonchev–Trinajstić information content (AvgIpc) is 3.25. The molecule has 1 aliphatic rings. The molecule has 27 heteroatoms. The van der Waals surface area contributed by atoms with Crippen LogP contribution in [0.2, 0.25) is 0 Å². The molecule has 8 rings (SSSR count). The summed E-state index contributed by atoms with van der Waals surface area (Å²) in [5.74, 6) is -6.15. The summed E-state index contributed by atoms with van der Waals surface area (Å²) in [5.41, 5.74) is -5.01. The van der Waals surface area contributed by atoms with Crippen LogP contribution in [0.25, 0.3) is 22.0 Å². The zero-order chi connectivity index (χ0) is 49.4. The van der Waals surface area contributed by atoms with Crippen LogP contribution in [0.4, 0.5) is 23.0 Å². The first-order valence-corrected chi connectivity index (χ1v) is 23.0. The van der Waals surface area contributed by atoms with Gasteiger partial charge in [-0.3, -0.25) is 28.0 Å². The maximum atomic E-state index is 14.6. The molecule has 2 heterocycles. The normalized spacial score (nSPS) is 12.3. The van der Waals surface area contributed by atoms with Crippen molar-refractivity contribution in [1.29, 1.82) is 0 Å². The fourth-order valence-corrected chi connectivity index (χ4v) is 9.25. The smallest absolute Gasteiger partial charge is 0.335 e. The number of carbonyl (C=O) groups excluding carboxylic acids is 2. The Hall–Kier alpha value is -8.47. The van der Waals surface area contributed by atoms with E-state index in [0.29, 0.717) is 12.1 Å². The number of rotatable bonds is 13. The number of benzene rings is 5. The highest BCUT2D eigenvalue weighted by molar-refractivity contribution is 7.87. The molecule has 0 saturated carbocycles. The van der Waals surface area contributed by atoms with Crippen molar-refractivity contribution >= 4 is 87.8 Å². The Kier molecular flexibility index (Phi) is 11.1. The van der Waals surface area contributed by atoms with Crippen LogP contribution in [-0.4, -0.2) is 97.3 Å². The molecule has 0 radical (unpaired) electrons. The summed E-state index contributed by atoms with van der Waals surface area (Å²) >= 11 is 0. The molecule has 7 aromatic rings. The molecule has 0 aliphatic heterocycles. The molecule has 0 bridgehead atoms. The molecule has 1 aliphatic carbocycles. The molecule has 0 atom stereocenters. The van der Waals surface area contributed by atoms with Crippen molar-refractivity contribution in [2.75, 3.05) is 10.6 Å². The number of aromatic nitrogens is 4. The van der Waals surface area contributed by atoms with E-state index in [2.05, 4.69) is 25.6 Å². The van der Waals surface area contributed by atoms with Crippen molar-refractivity contribution in [3.63, 3.8) is 0 Å². The van der Waals surface area contributed by atoms with Gasteiger partial charge >= 0.3 is 24.0 Å². The third-order valence-corrected chi connectivity index (χ3v) is 12.9. The summed E-state index contributed by atoms with van der Waals surface area (Å²) in [6.07, 6.45) is 0. The van der Waals surface area contributed by atoms with Gasteiger partial charge in [0.1, 0.15) is 15.5 Å². The molecular formula is C41H26N6O18S3. The minimum Gasteiger partial charge on any atom is -0.479 e. The zero-order valence-corrected chi connectivity index (χ0v) is 36.2. The minimum absolute atomic E-state index is 0.0530. The number of carboxylic acids is 2. The van der Waals surface area contributed by atoms with Crippen molar-refractivity contribution in [3.8, 4) is 28.9 Å². The van der Waals surface area contributed by atoms with E-state index in [4.69, 9.17) is 4.74 Å². The number of nitrogens with zero attached hydrogens (tertiary/aromatic N) is 4. The largest absolute Gasteiger partial charge is 0.479 e. The first-order chi connectivity index (χ1) is 31.8. The van der Waals surface area contributed by atoms with Gasteiger partial charge in [0.25, 0.3) is 35.9 Å². The lowest BCUT2D eigenvalue weighted by atomic mass is 9.80. The predicted molar refractivity (Wildman–Crippen MR) is 232 cm³/mol. The fourth-order valence-electron chi connectivity index (χ4n) is 7.34. The van der Waals surface area contributed by atoms with E-state index in [1.54, 1.807) is 0 Å². The van der Waals surface area contributed by atoms with Crippen molar-refractivity contribution in [2.45, 2.75) is 14.7 Å². The average molecular weight is 987 g/mol. The van der Waals surface area contributed by atoms with E-state index in [-0.39, 0.29) is 44.4 Å². The lowest BCUT2D eigenvalue weighted by molar-refractivity contribution is 0.0695. The Morgan fingerprint density at radius 1 is 0.632 bits per heavy atom. The lowest BCUT2D eigenvalue weighted by Crippen LogP contribution is -2.29. The summed E-state index contributed by atoms with van der Waals surface area (Å²) in [4.78, 5) is 74.2. The molecule has 0 saturated heterocycles. The second kappa shape index (κ2) is 16.4. The van der Waals surface area contributed by atoms with Gasteiger partial charge in [-0.1, -0.05) is 36.4 Å². The van der Waals surface area contributed by atoms with E-state index in [1.807, 2.05) is 0 Å². The monoisotopic (exact) mass is 986 g/mol. The number of hydrogen-bond acceptors (Lipinski definition) is 18. The van der Waals surface area contributed by atoms with Crippen molar-refractivity contribution < 1.29 is 78.1 Å². The Bertz CT molecular complexity index is 3830. The van der Waals surface area contributed by atoms with E-state index in [0.717, 1.165) is 41.0 Å². The highest BCUT2D eigenvalue weighted by Crippen LogP contribution is 2.45. The van der Waals surface area contributed by atoms with Gasteiger partial charge in [-0.2, -0.15) is 35.2 Å². The predicted octanol–water partition coefficient (Wildman–Crippen LogP) is 4.29. The van der Waals surface area contributed by atoms with E-state index >= 15 is 0 Å². The molecule has 2 aromatic heterocycles. The second-order valence-corrected chi connectivity index (χ2v) is 18.6. The standard InChI is InChI=1S/C41H26N6O18S3/c1-47-27-10-9-24(31-32(27)30(22-7-2-3-8-23(22)35(31)49)33(36(47)50)34(48)17-5-4-6-21(14-17)66(56,57)58)42-25-15-26(29(68(62,63)64)16-28(25)67(59,60)61)43-39-44-40(55)46-41(45-39)65-20-12-18(37(51)52)11-19(13-20)38(53)54/h2-16,42H,1H3,(H,51,52)(H,53,54)(H,56,57,58)(H,59,60,61)(H,62,63,64)(H2,43,44,45,46,55). The third kappa shape index (κ3) is 8.45. The quantitative estimate of drug-likeness (QED) is 0.0590. The molecule has 0 spiro atoms. The molecular weight excluding hydrogens is 961 g/mol. The highest BCUT2D eigenvalue weighted by atomic mass is 32.2. The number of aryl methyl sites for hydroxylation is 1. The molecule has 0 fully saturated rings. The topological polar surface area (TPSA) is 386 Å². The SMILES string of the molecule is Cn1c(=O)c(C(=O)c2cccc(S(=O)(=O)O)c2)c2c3c(c(Nc4cc(Nc5nc(O)nc(Oc6cc(C(=O)O)cc(C(=O)O)c6)n5)c(S(=O)(=O)O)cc4S(=O)(=O)O)ccc31)C(=O)c1ccccc1-2. The summed E-state index contributed by atoms with van der Waals surface area (Å²) in [6.45, 7) is 0. The summed E-state index contributed by atoms with van der Waals surface area (Å²) < 4.78 is 112. The Morgan fingerprint density at radius 2 is 1.25 bits per heavy atom. The number of ketones is 2. The van der Waals surface area contributed by atoms with Gasteiger partial charge in [-0.05, 0) is 60.2 Å². The van der Waals surface area contributed by atoms with Crippen molar-refractivity contribution in [3.05, 3.63) is 135 Å². The van der Waals surface area contributed by atoms with E-state index < -0.39 is 126 Å². The molecule has 68 heavy (non-hydrogen) atoms. The minimum atomic E-state index is -5.47. The number of pyridine rings is 1. The first-order valence-electron chi connectivity index (χ1n) is 18.7. The van der Waals surface area contributed by atoms with Crippen LogP contribution in [0.3, 0.4) is 0 Å². The number of ether oxygens (including phenoxy) is 1. The molecule has 24 nitrogen and oxygen atoms in total. The number of aromatic hydroxyl groups is 1. The molecule has 346 valence electrons. The second-order valence-electron chi connectivity index (χ2n) is 14.4. The lowest BCUT2D eigenvalue weighted by Gasteiger charge is -2.26. The number of fused-ring (bicyclic) bond motifs is 2. The maximum Gasteiger partial charge on any atom is 0.335 e. The highest BCUT2D eigenvalue weighted by Gasteiger charge is 2.35. The first kappa shape index (κ1) is 46.1. The van der Waals surface area contributed by atoms with Crippen molar-refractivity contribution in [2.24, 2.45) is 7.05 Å². The maximum absolute atomic E-state index is 14.6. The Balaban J connectivity index is 1.31. The van der Waals surface area contributed by atoms with Crippen LogP contribution in [0, 0.1) is 0 Å². The number of carbonyl (C=O) groups is 4. The summed E-state index contributed by atoms with van der Waals surface area (Å²) in [7, 11) is -14.5. The van der Waals surface area contributed by atoms with Crippen LogP contribution >= 0.6 is 0 Å². The van der Waals surface area contributed by atoms with E-state index in [9.17, 15) is 78.2 Å². The third-order valence-electron chi connectivity index (χ3n) is 10.2. The number of anilines is 4. The molecule has 8 N–H and O–H groups in total. The van der Waals surface area contributed by atoms with Gasteiger partial charge < -0.3 is 35.3 Å². The molecule has 5 aromatic carbocycles. The van der Waals surface area contributed by atoms with Gasteiger partial charge in [0.2, 0.25) is 5.95 Å². The van der Waals surface area contributed by atoms with Gasteiger partial charge in [0, 0.05) is 29.1 Å². The Labute approximate surface area is 380 Å². The van der Waals surface area contributed by atoms with Crippen LogP contribution in [0.1, 0.15) is 52.6 Å². The number of aromatic carboxylic acids is 2. The van der Waals surface area contributed by atoms with E-state index in [1.165, 1.54) is 49.5 Å². The van der Waals surface area contributed by atoms with Crippen LogP contribution < -0.4 is 20.9 Å². The summed E-state index contributed by atoms with van der Waals surface area (Å²) in [5, 5.41) is 34.2. The van der Waals surface area contributed by atoms with Crippen LogP contribution in [-0.2, 0) is 37.4 Å². The Morgan fingerprint density at radius 3 is 1.85 bits per heavy atom. The molecule has 0 unspecified atom stereocenters. The van der Waals surface area contributed by atoms with Gasteiger partial charge in [0.15, 0.2) is 11.6 Å². The number of nitrogens with one attached hydrogen (secondary N) is 2. The van der Waals surface area contributed by atoms with Gasteiger partial charge in [-0.25, -0.2) is 9.59 Å². The van der Waals surface area contributed by atoms with Crippen molar-refractivity contribution in [1.82, 2.24) is 19.5 Å².